The monoisotopic (exact) mass is 411 g/mol. The molecule has 0 saturated carbocycles. The highest BCUT2D eigenvalue weighted by molar-refractivity contribution is 7.98. The molecule has 2 N–H and O–H groups in total. The third-order valence-electron chi connectivity index (χ3n) is 3.92. The number of thioether (sulfide) groups is 1. The van der Waals surface area contributed by atoms with Crippen molar-refractivity contribution in [1.82, 2.24) is 4.98 Å². The smallest absolute Gasteiger partial charge is 0.255 e. The standard InChI is InChI=1S/C21H21N3O2S2/c1-3-20(25)23-16-6-8-17(9-7-16)24-21(26)15-4-10-19(11-5-15)28-13-18-12-27-14(2)22-18/h4-12H,3,13H2,1-2H3,(H,23,25)(H,24,26). The van der Waals surface area contributed by atoms with Gasteiger partial charge in [0.25, 0.3) is 5.91 Å². The molecular weight excluding hydrogens is 390 g/mol. The molecular formula is C21H21N3O2S2. The first-order valence-corrected chi connectivity index (χ1v) is 10.7. The summed E-state index contributed by atoms with van der Waals surface area (Å²) in [7, 11) is 0. The number of nitrogens with zero attached hydrogens (tertiary/aromatic N) is 1. The lowest BCUT2D eigenvalue weighted by molar-refractivity contribution is -0.115. The minimum Gasteiger partial charge on any atom is -0.326 e. The number of carbonyl (C=O) groups is 2. The van der Waals surface area contributed by atoms with Crippen molar-refractivity contribution in [2.45, 2.75) is 30.9 Å². The number of amides is 2. The van der Waals surface area contributed by atoms with Crippen LogP contribution in [0.1, 0.15) is 34.4 Å². The molecule has 0 radical (unpaired) electrons. The minimum atomic E-state index is -0.169. The van der Waals surface area contributed by atoms with Crippen LogP contribution in [0.3, 0.4) is 0 Å². The van der Waals surface area contributed by atoms with Gasteiger partial charge in [0.1, 0.15) is 0 Å². The van der Waals surface area contributed by atoms with Crippen molar-refractivity contribution >= 4 is 46.3 Å². The summed E-state index contributed by atoms with van der Waals surface area (Å²) in [5, 5.41) is 8.79. The molecule has 7 heteroatoms. The van der Waals surface area contributed by atoms with Crippen LogP contribution in [0.5, 0.6) is 0 Å². The fourth-order valence-corrected chi connectivity index (χ4v) is 3.93. The first-order chi connectivity index (χ1) is 13.5. The summed E-state index contributed by atoms with van der Waals surface area (Å²) in [6, 6.07) is 14.6. The summed E-state index contributed by atoms with van der Waals surface area (Å²) in [5.74, 6) is 0.605. The highest BCUT2D eigenvalue weighted by atomic mass is 32.2. The molecule has 3 aromatic rings. The van der Waals surface area contributed by atoms with Crippen molar-refractivity contribution < 1.29 is 9.59 Å². The Balaban J connectivity index is 1.54. The number of rotatable bonds is 7. The topological polar surface area (TPSA) is 71.1 Å². The number of nitrogens with one attached hydrogen (secondary N) is 2. The van der Waals surface area contributed by atoms with Gasteiger partial charge in [-0.25, -0.2) is 4.98 Å². The van der Waals surface area contributed by atoms with Gasteiger partial charge < -0.3 is 10.6 Å². The van der Waals surface area contributed by atoms with Crippen molar-refractivity contribution in [3.8, 4) is 0 Å². The van der Waals surface area contributed by atoms with E-state index in [0.29, 0.717) is 23.4 Å². The highest BCUT2D eigenvalue weighted by Crippen LogP contribution is 2.24. The van der Waals surface area contributed by atoms with E-state index < -0.39 is 0 Å². The molecule has 1 heterocycles. The molecule has 2 amide bonds. The Hall–Kier alpha value is -2.64. The maximum absolute atomic E-state index is 12.4. The van der Waals surface area contributed by atoms with Gasteiger partial charge in [-0.2, -0.15) is 0 Å². The van der Waals surface area contributed by atoms with E-state index in [1.165, 1.54) is 0 Å². The van der Waals surface area contributed by atoms with Gasteiger partial charge in [0.2, 0.25) is 5.91 Å². The molecule has 0 aliphatic rings. The zero-order valence-corrected chi connectivity index (χ0v) is 17.3. The number of hydrogen-bond donors (Lipinski definition) is 2. The molecule has 0 unspecified atom stereocenters. The Morgan fingerprint density at radius 1 is 1.00 bits per heavy atom. The number of hydrogen-bond acceptors (Lipinski definition) is 5. The van der Waals surface area contributed by atoms with Crippen LogP contribution in [-0.2, 0) is 10.5 Å². The van der Waals surface area contributed by atoms with Gasteiger partial charge in [0, 0.05) is 39.4 Å². The lowest BCUT2D eigenvalue weighted by Crippen LogP contribution is -2.12. The van der Waals surface area contributed by atoms with Crippen LogP contribution in [0.2, 0.25) is 0 Å². The molecule has 144 valence electrons. The minimum absolute atomic E-state index is 0.0420. The summed E-state index contributed by atoms with van der Waals surface area (Å²) in [6.07, 6.45) is 0.427. The quantitative estimate of drug-likeness (QED) is 0.515. The number of carbonyl (C=O) groups excluding carboxylic acids is 2. The van der Waals surface area contributed by atoms with Gasteiger partial charge in [-0.3, -0.25) is 9.59 Å². The van der Waals surface area contributed by atoms with Crippen molar-refractivity contribution in [3.63, 3.8) is 0 Å². The van der Waals surface area contributed by atoms with Crippen LogP contribution >= 0.6 is 23.1 Å². The van der Waals surface area contributed by atoms with Gasteiger partial charge >= 0.3 is 0 Å². The Bertz CT molecular complexity index is 951. The largest absolute Gasteiger partial charge is 0.326 e. The molecule has 28 heavy (non-hydrogen) atoms. The number of benzene rings is 2. The number of aromatic nitrogens is 1. The highest BCUT2D eigenvalue weighted by Gasteiger charge is 2.07. The lowest BCUT2D eigenvalue weighted by atomic mass is 10.2. The first-order valence-electron chi connectivity index (χ1n) is 8.88. The molecule has 0 aliphatic heterocycles. The fourth-order valence-electron chi connectivity index (χ4n) is 2.42. The van der Waals surface area contributed by atoms with Crippen molar-refractivity contribution in [2.75, 3.05) is 10.6 Å². The van der Waals surface area contributed by atoms with Crippen molar-refractivity contribution in [2.24, 2.45) is 0 Å². The van der Waals surface area contributed by atoms with Gasteiger partial charge in [-0.15, -0.1) is 23.1 Å². The summed E-state index contributed by atoms with van der Waals surface area (Å²) in [5.41, 5.74) is 3.06. The normalized spacial score (nSPS) is 10.5. The Morgan fingerprint density at radius 3 is 2.21 bits per heavy atom. The van der Waals surface area contributed by atoms with Crippen molar-refractivity contribution in [3.05, 3.63) is 70.2 Å². The van der Waals surface area contributed by atoms with Crippen LogP contribution in [0.4, 0.5) is 11.4 Å². The van der Waals surface area contributed by atoms with Crippen LogP contribution in [-0.4, -0.2) is 16.8 Å². The van der Waals surface area contributed by atoms with E-state index >= 15 is 0 Å². The molecule has 0 fully saturated rings. The average Bonchev–Trinajstić information content (AvgIpc) is 3.13. The summed E-state index contributed by atoms with van der Waals surface area (Å²) in [4.78, 5) is 29.4. The average molecular weight is 412 g/mol. The third-order valence-corrected chi connectivity index (χ3v) is 5.79. The van der Waals surface area contributed by atoms with E-state index in [1.54, 1.807) is 54.3 Å². The summed E-state index contributed by atoms with van der Waals surface area (Å²) < 4.78 is 0. The van der Waals surface area contributed by atoms with Crippen LogP contribution in [0, 0.1) is 6.92 Å². The van der Waals surface area contributed by atoms with E-state index in [4.69, 9.17) is 0 Å². The van der Waals surface area contributed by atoms with Crippen LogP contribution in [0.25, 0.3) is 0 Å². The number of thiazole rings is 1. The molecule has 1 aromatic heterocycles. The predicted octanol–water partition coefficient (Wildman–Crippen LogP) is 5.34. The second kappa shape index (κ2) is 9.52. The maximum Gasteiger partial charge on any atom is 0.255 e. The maximum atomic E-state index is 12.4. The summed E-state index contributed by atoms with van der Waals surface area (Å²) in [6.45, 7) is 3.80. The second-order valence-electron chi connectivity index (χ2n) is 6.10. The molecule has 0 spiro atoms. The fraction of sp³-hybridized carbons (Fsp3) is 0.190. The first kappa shape index (κ1) is 20.1. The Kier molecular flexibility index (Phi) is 6.84. The van der Waals surface area contributed by atoms with Gasteiger partial charge in [0.15, 0.2) is 0 Å². The molecule has 5 nitrogen and oxygen atoms in total. The van der Waals surface area contributed by atoms with E-state index in [-0.39, 0.29) is 11.8 Å². The van der Waals surface area contributed by atoms with Crippen LogP contribution < -0.4 is 10.6 Å². The Morgan fingerprint density at radius 2 is 1.64 bits per heavy atom. The Labute approximate surface area is 172 Å². The van der Waals surface area contributed by atoms with E-state index in [0.717, 1.165) is 21.3 Å². The zero-order chi connectivity index (χ0) is 19.9. The molecule has 0 bridgehead atoms. The van der Waals surface area contributed by atoms with Gasteiger partial charge in [0.05, 0.1) is 10.7 Å². The van der Waals surface area contributed by atoms with Crippen LogP contribution in [0.15, 0.2) is 58.8 Å². The molecule has 3 rings (SSSR count). The molecule has 2 aromatic carbocycles. The van der Waals surface area contributed by atoms with E-state index in [1.807, 2.05) is 31.2 Å². The third kappa shape index (κ3) is 5.68. The number of aryl methyl sites for hydroxylation is 1. The molecule has 0 atom stereocenters. The van der Waals surface area contributed by atoms with E-state index in [2.05, 4.69) is 21.0 Å². The number of anilines is 2. The van der Waals surface area contributed by atoms with Gasteiger partial charge in [-0.05, 0) is 55.5 Å². The predicted molar refractivity (Wildman–Crippen MR) is 116 cm³/mol. The van der Waals surface area contributed by atoms with E-state index in [9.17, 15) is 9.59 Å². The second-order valence-corrected chi connectivity index (χ2v) is 8.22. The van der Waals surface area contributed by atoms with Gasteiger partial charge in [-0.1, -0.05) is 6.92 Å². The van der Waals surface area contributed by atoms with Crippen molar-refractivity contribution in [1.29, 1.82) is 0 Å². The zero-order valence-electron chi connectivity index (χ0n) is 15.7. The molecule has 0 aliphatic carbocycles. The lowest BCUT2D eigenvalue weighted by Gasteiger charge is -2.08. The summed E-state index contributed by atoms with van der Waals surface area (Å²) >= 11 is 3.35. The SMILES string of the molecule is CCC(=O)Nc1ccc(NC(=O)c2ccc(SCc3csc(C)n3)cc2)cc1. The molecule has 0 saturated heterocycles.